The molecule has 3 aromatic rings. The van der Waals surface area contributed by atoms with Crippen LogP contribution < -0.4 is 9.64 Å². The zero-order valence-corrected chi connectivity index (χ0v) is 24.8. The summed E-state index contributed by atoms with van der Waals surface area (Å²) in [4.78, 5) is 33.8. The van der Waals surface area contributed by atoms with Gasteiger partial charge in [0.05, 0.1) is 35.5 Å². The molecule has 13 heteroatoms. The molecule has 0 N–H and O–H groups in total. The number of hydrogen-bond acceptors (Lipinski definition) is 9. The van der Waals surface area contributed by atoms with Crippen molar-refractivity contribution in [2.45, 2.75) is 37.7 Å². The number of rotatable bonds is 9. The topological polar surface area (TPSA) is 119 Å². The molecule has 3 heterocycles. The molecule has 5 rings (SSSR count). The predicted molar refractivity (Wildman–Crippen MR) is 155 cm³/mol. The fraction of sp³-hybridized carbons (Fsp3) is 0.464. The fourth-order valence-corrected chi connectivity index (χ4v) is 7.35. The highest BCUT2D eigenvalue weighted by Crippen LogP contribution is 2.35. The van der Waals surface area contributed by atoms with Crippen molar-refractivity contribution in [1.82, 2.24) is 14.2 Å². The van der Waals surface area contributed by atoms with Crippen LogP contribution >= 0.6 is 11.3 Å². The highest BCUT2D eigenvalue weighted by atomic mass is 32.2. The number of piperazine rings is 1. The molecule has 0 spiro atoms. The molecule has 11 nitrogen and oxygen atoms in total. The van der Waals surface area contributed by atoms with Crippen molar-refractivity contribution in [3.05, 3.63) is 48.0 Å². The van der Waals surface area contributed by atoms with Crippen LogP contribution in [0.15, 0.2) is 47.4 Å². The van der Waals surface area contributed by atoms with E-state index < -0.39 is 16.1 Å². The quantitative estimate of drug-likeness (QED) is 0.361. The summed E-state index contributed by atoms with van der Waals surface area (Å²) < 4.78 is 45.4. The number of sulfonamides is 1. The number of fused-ring (bicyclic) bond motifs is 1. The van der Waals surface area contributed by atoms with Crippen molar-refractivity contribution in [2.75, 3.05) is 57.4 Å². The minimum absolute atomic E-state index is 0.0886. The van der Waals surface area contributed by atoms with E-state index >= 15 is 0 Å². The summed E-state index contributed by atoms with van der Waals surface area (Å²) in [5, 5.41) is 0.531. The number of thiazole rings is 1. The summed E-state index contributed by atoms with van der Waals surface area (Å²) in [7, 11) is -3.80. The van der Waals surface area contributed by atoms with Gasteiger partial charge < -0.3 is 19.1 Å². The molecule has 1 unspecified atom stereocenters. The summed E-state index contributed by atoms with van der Waals surface area (Å²) in [6, 6.07) is 11.7. The molecule has 1 aromatic heterocycles. The van der Waals surface area contributed by atoms with Gasteiger partial charge in [-0.15, -0.1) is 0 Å². The van der Waals surface area contributed by atoms with Crippen molar-refractivity contribution in [3.8, 4) is 5.75 Å². The molecule has 2 fully saturated rings. The molecule has 220 valence electrons. The zero-order valence-electron chi connectivity index (χ0n) is 23.2. The highest BCUT2D eigenvalue weighted by molar-refractivity contribution is 7.89. The zero-order chi connectivity index (χ0) is 29.0. The van der Waals surface area contributed by atoms with Gasteiger partial charge in [-0.1, -0.05) is 17.4 Å². The van der Waals surface area contributed by atoms with Crippen molar-refractivity contribution in [2.24, 2.45) is 0 Å². The third-order valence-electron chi connectivity index (χ3n) is 7.06. The molecular formula is C28H34N4O7S2. The Morgan fingerprint density at radius 2 is 1.83 bits per heavy atom. The van der Waals surface area contributed by atoms with Crippen molar-refractivity contribution in [1.29, 1.82) is 0 Å². The summed E-state index contributed by atoms with van der Waals surface area (Å²) in [6.45, 7) is 6.23. The number of anilines is 1. The smallest absolute Gasteiger partial charge is 0.409 e. The van der Waals surface area contributed by atoms with E-state index in [1.807, 2.05) is 25.1 Å². The van der Waals surface area contributed by atoms with Gasteiger partial charge in [0, 0.05) is 38.3 Å². The van der Waals surface area contributed by atoms with E-state index in [-0.39, 0.29) is 49.7 Å². The normalized spacial score (nSPS) is 18.0. The second-order valence-electron chi connectivity index (χ2n) is 9.70. The molecule has 2 aliphatic heterocycles. The van der Waals surface area contributed by atoms with Crippen molar-refractivity contribution >= 4 is 48.7 Å². The number of carbonyl (C=O) groups excluding carboxylic acids is 2. The lowest BCUT2D eigenvalue weighted by Gasteiger charge is -2.33. The lowest BCUT2D eigenvalue weighted by Crippen LogP contribution is -2.50. The second kappa shape index (κ2) is 12.7. The molecule has 2 amide bonds. The van der Waals surface area contributed by atoms with Crippen molar-refractivity contribution in [3.63, 3.8) is 0 Å². The molecule has 0 radical (unpaired) electrons. The Labute approximate surface area is 243 Å². The predicted octanol–water partition coefficient (Wildman–Crippen LogP) is 3.98. The highest BCUT2D eigenvalue weighted by Gasteiger charge is 2.32. The molecule has 2 saturated heterocycles. The van der Waals surface area contributed by atoms with Gasteiger partial charge in [-0.05, 0) is 63.1 Å². The van der Waals surface area contributed by atoms with E-state index in [0.29, 0.717) is 41.7 Å². The number of aromatic nitrogens is 1. The molecule has 41 heavy (non-hydrogen) atoms. The largest absolute Gasteiger partial charge is 0.492 e. The number of nitrogens with zero attached hydrogens (tertiary/aromatic N) is 4. The molecular weight excluding hydrogens is 568 g/mol. The van der Waals surface area contributed by atoms with Crippen LogP contribution in [0.5, 0.6) is 5.75 Å². The fourth-order valence-electron chi connectivity index (χ4n) is 4.94. The van der Waals surface area contributed by atoms with Crippen LogP contribution in [0.25, 0.3) is 10.2 Å². The number of carbonyl (C=O) groups is 2. The Bertz CT molecular complexity index is 1480. The van der Waals surface area contributed by atoms with Gasteiger partial charge in [0.1, 0.15) is 11.3 Å². The van der Waals surface area contributed by atoms with Gasteiger partial charge in [-0.3, -0.25) is 9.69 Å². The number of para-hydroxylation sites is 1. The maximum absolute atomic E-state index is 13.8. The molecule has 0 aliphatic carbocycles. The molecule has 0 saturated carbocycles. The molecule has 2 aromatic carbocycles. The van der Waals surface area contributed by atoms with E-state index in [4.69, 9.17) is 19.2 Å². The monoisotopic (exact) mass is 602 g/mol. The van der Waals surface area contributed by atoms with Gasteiger partial charge in [-0.2, -0.15) is 4.31 Å². The number of benzene rings is 2. The van der Waals surface area contributed by atoms with Gasteiger partial charge in [-0.25, -0.2) is 18.2 Å². The van der Waals surface area contributed by atoms with E-state index in [9.17, 15) is 18.0 Å². The maximum Gasteiger partial charge on any atom is 0.409 e. The minimum Gasteiger partial charge on any atom is -0.492 e. The molecule has 1 atom stereocenters. The number of hydrogen-bond donors (Lipinski definition) is 0. The van der Waals surface area contributed by atoms with Crippen LogP contribution in [0, 0.1) is 0 Å². The summed E-state index contributed by atoms with van der Waals surface area (Å²) in [6.07, 6.45) is 1.23. The van der Waals surface area contributed by atoms with Crippen molar-refractivity contribution < 1.29 is 32.2 Å². The standard InChI is InChI=1S/C28H34N4O7S2/c1-3-37-23-8-5-9-24-25(23)29-27(40-24)32(19-21-7-6-18-39-21)26(33)20-10-12-22(13-11-20)41(35,36)31-16-14-30(15-17-31)28(34)38-4-2/h5,8-13,21H,3-4,6-7,14-19H2,1-2H3. The van der Waals surface area contributed by atoms with Crippen LogP contribution in [-0.2, 0) is 19.5 Å². The third-order valence-corrected chi connectivity index (χ3v) is 10.0. The Morgan fingerprint density at radius 3 is 2.49 bits per heavy atom. The SMILES string of the molecule is CCOC(=O)N1CCN(S(=O)(=O)c2ccc(C(=O)N(CC3CCCO3)c3nc4c(OCC)cccc4s3)cc2)CC1. The van der Waals surface area contributed by atoms with E-state index in [2.05, 4.69) is 0 Å². The van der Waals surface area contributed by atoms with E-state index in [1.165, 1.54) is 44.8 Å². The summed E-state index contributed by atoms with van der Waals surface area (Å²) in [5.74, 6) is 0.374. The van der Waals surface area contributed by atoms with E-state index in [1.54, 1.807) is 11.8 Å². The number of amides is 2. The van der Waals surface area contributed by atoms with Gasteiger partial charge in [0.25, 0.3) is 5.91 Å². The second-order valence-corrected chi connectivity index (χ2v) is 12.6. The minimum atomic E-state index is -3.80. The average Bonchev–Trinajstić information content (AvgIpc) is 3.66. The summed E-state index contributed by atoms with van der Waals surface area (Å²) >= 11 is 1.40. The van der Waals surface area contributed by atoms with Gasteiger partial charge in [0.2, 0.25) is 10.0 Å². The number of ether oxygens (including phenoxy) is 3. The Balaban J connectivity index is 1.36. The first-order chi connectivity index (χ1) is 19.8. The first kappa shape index (κ1) is 29.2. The summed E-state index contributed by atoms with van der Waals surface area (Å²) in [5.41, 5.74) is 1.04. The lowest BCUT2D eigenvalue weighted by atomic mass is 10.2. The molecule has 0 bridgehead atoms. The van der Waals surface area contributed by atoms with E-state index in [0.717, 1.165) is 17.5 Å². The average molecular weight is 603 g/mol. The van der Waals surface area contributed by atoms with Gasteiger partial charge in [0.15, 0.2) is 5.13 Å². The Kier molecular flexibility index (Phi) is 9.07. The Hall–Kier alpha value is -3.26. The van der Waals surface area contributed by atoms with Crippen LogP contribution in [0.3, 0.4) is 0 Å². The first-order valence-corrected chi connectivity index (χ1v) is 16.0. The Morgan fingerprint density at radius 1 is 1.07 bits per heavy atom. The van der Waals surface area contributed by atoms with Crippen LogP contribution in [0.4, 0.5) is 9.93 Å². The van der Waals surface area contributed by atoms with Crippen LogP contribution in [0.2, 0.25) is 0 Å². The lowest BCUT2D eigenvalue weighted by molar-refractivity contribution is 0.0916. The maximum atomic E-state index is 13.8. The molecule has 2 aliphatic rings. The van der Waals surface area contributed by atoms with Gasteiger partial charge >= 0.3 is 6.09 Å². The van der Waals surface area contributed by atoms with Crippen LogP contribution in [0.1, 0.15) is 37.0 Å². The third kappa shape index (κ3) is 6.32. The first-order valence-electron chi connectivity index (χ1n) is 13.8. The van der Waals surface area contributed by atoms with Crippen LogP contribution in [-0.4, -0.2) is 93.3 Å².